The van der Waals surface area contributed by atoms with Crippen molar-refractivity contribution in [1.82, 2.24) is 15.2 Å². The molecular weight excluding hydrogens is 422 g/mol. The van der Waals surface area contributed by atoms with Gasteiger partial charge in [0.15, 0.2) is 0 Å². The van der Waals surface area contributed by atoms with Gasteiger partial charge < -0.3 is 20.6 Å². The van der Waals surface area contributed by atoms with Crippen molar-refractivity contribution in [2.75, 3.05) is 49.5 Å². The third kappa shape index (κ3) is 5.42. The second-order valence-electron chi connectivity index (χ2n) is 8.80. The SMILES string of the molecule is CCCNC(=O)CN1CCN(c2cc(C(=O)O)c3cc(NC(=O)C4CCC4)ccc3n2)CC1. The van der Waals surface area contributed by atoms with Crippen LogP contribution in [0.4, 0.5) is 11.5 Å². The Morgan fingerprint density at radius 3 is 2.52 bits per heavy atom. The molecule has 1 aromatic carbocycles. The van der Waals surface area contributed by atoms with E-state index in [0.717, 1.165) is 25.7 Å². The lowest BCUT2D eigenvalue weighted by Gasteiger charge is -2.35. The number of anilines is 2. The lowest BCUT2D eigenvalue weighted by atomic mass is 9.85. The van der Waals surface area contributed by atoms with Gasteiger partial charge in [0, 0.05) is 49.7 Å². The number of fused-ring (bicyclic) bond motifs is 1. The van der Waals surface area contributed by atoms with Gasteiger partial charge in [-0.2, -0.15) is 0 Å². The normalized spacial score (nSPS) is 16.9. The Kier molecular flexibility index (Phi) is 7.08. The van der Waals surface area contributed by atoms with E-state index >= 15 is 0 Å². The van der Waals surface area contributed by atoms with Crippen molar-refractivity contribution < 1.29 is 19.5 Å². The fourth-order valence-corrected chi connectivity index (χ4v) is 4.20. The van der Waals surface area contributed by atoms with E-state index in [0.29, 0.717) is 61.7 Å². The van der Waals surface area contributed by atoms with Gasteiger partial charge >= 0.3 is 5.97 Å². The quantitative estimate of drug-likeness (QED) is 0.562. The molecule has 1 aromatic heterocycles. The van der Waals surface area contributed by atoms with Crippen LogP contribution in [0.15, 0.2) is 24.3 Å². The van der Waals surface area contributed by atoms with Gasteiger partial charge in [-0.15, -0.1) is 0 Å². The minimum atomic E-state index is -1.03. The van der Waals surface area contributed by atoms with E-state index < -0.39 is 5.97 Å². The number of carbonyl (C=O) groups excluding carboxylic acids is 2. The molecule has 1 aliphatic carbocycles. The van der Waals surface area contributed by atoms with Crippen LogP contribution < -0.4 is 15.5 Å². The second kappa shape index (κ2) is 10.2. The van der Waals surface area contributed by atoms with Crippen LogP contribution in [-0.4, -0.2) is 72.0 Å². The van der Waals surface area contributed by atoms with Gasteiger partial charge in [-0.05, 0) is 43.5 Å². The number of carbonyl (C=O) groups is 3. The first-order valence-electron chi connectivity index (χ1n) is 11.7. The average Bonchev–Trinajstić information content (AvgIpc) is 2.76. The molecule has 1 aliphatic heterocycles. The molecule has 0 atom stereocenters. The summed E-state index contributed by atoms with van der Waals surface area (Å²) in [6, 6.07) is 6.83. The minimum absolute atomic E-state index is 0.0108. The zero-order valence-corrected chi connectivity index (χ0v) is 19.0. The topological polar surface area (TPSA) is 115 Å². The highest BCUT2D eigenvalue weighted by Gasteiger charge is 2.26. The lowest BCUT2D eigenvalue weighted by molar-refractivity contribution is -0.123. The number of carboxylic acids is 1. The second-order valence-corrected chi connectivity index (χ2v) is 8.80. The molecule has 2 aromatic rings. The number of piperazine rings is 1. The molecule has 2 aliphatic rings. The molecule has 1 saturated carbocycles. The van der Waals surface area contributed by atoms with Crippen LogP contribution in [0.1, 0.15) is 43.0 Å². The van der Waals surface area contributed by atoms with Crippen LogP contribution in [0, 0.1) is 5.92 Å². The molecular formula is C24H31N5O4. The summed E-state index contributed by atoms with van der Waals surface area (Å²) in [5.74, 6) is -0.346. The molecule has 9 heteroatoms. The van der Waals surface area contributed by atoms with E-state index in [1.807, 2.05) is 6.92 Å². The fraction of sp³-hybridized carbons (Fsp3) is 0.500. The van der Waals surface area contributed by atoms with Crippen LogP contribution in [0.2, 0.25) is 0 Å². The Bertz CT molecular complexity index is 1040. The molecule has 4 rings (SSSR count). The number of carboxylic acid groups (broad SMARTS) is 1. The molecule has 33 heavy (non-hydrogen) atoms. The zero-order chi connectivity index (χ0) is 23.4. The van der Waals surface area contributed by atoms with Crippen LogP contribution in [0.3, 0.4) is 0 Å². The standard InChI is InChI=1S/C24H31N5O4/c1-2-8-25-22(30)15-28-9-11-29(12-10-28)21-14-19(24(32)33)18-13-17(6-7-20(18)27-21)26-23(31)16-4-3-5-16/h6-7,13-14,16H,2-5,8-12,15H2,1H3,(H,25,30)(H,26,31)(H,32,33). The summed E-state index contributed by atoms with van der Waals surface area (Å²) in [6.07, 6.45) is 3.79. The Labute approximate surface area is 193 Å². The Morgan fingerprint density at radius 1 is 1.12 bits per heavy atom. The first-order valence-corrected chi connectivity index (χ1v) is 11.7. The zero-order valence-electron chi connectivity index (χ0n) is 19.0. The average molecular weight is 454 g/mol. The van der Waals surface area contributed by atoms with Gasteiger partial charge in [0.2, 0.25) is 11.8 Å². The summed E-state index contributed by atoms with van der Waals surface area (Å²) in [7, 11) is 0. The van der Waals surface area contributed by atoms with Gasteiger partial charge in [-0.1, -0.05) is 13.3 Å². The number of aromatic carboxylic acids is 1. The van der Waals surface area contributed by atoms with Crippen molar-refractivity contribution >= 4 is 40.2 Å². The summed E-state index contributed by atoms with van der Waals surface area (Å²) in [4.78, 5) is 45.1. The molecule has 9 nitrogen and oxygen atoms in total. The first-order chi connectivity index (χ1) is 15.9. The molecule has 3 N–H and O–H groups in total. The monoisotopic (exact) mass is 453 g/mol. The Hall–Kier alpha value is -3.20. The molecule has 1 saturated heterocycles. The predicted octanol–water partition coefficient (Wildman–Crippen LogP) is 2.32. The van der Waals surface area contributed by atoms with Crippen LogP contribution in [0.5, 0.6) is 0 Å². The maximum Gasteiger partial charge on any atom is 0.336 e. The largest absolute Gasteiger partial charge is 0.478 e. The number of nitrogens with zero attached hydrogens (tertiary/aromatic N) is 3. The van der Waals surface area contributed by atoms with Gasteiger partial charge in [0.1, 0.15) is 5.82 Å². The number of amides is 2. The molecule has 0 spiro atoms. The first kappa shape index (κ1) is 23.0. The number of nitrogens with one attached hydrogen (secondary N) is 2. The number of pyridine rings is 1. The van der Waals surface area contributed by atoms with Gasteiger partial charge in [-0.25, -0.2) is 9.78 Å². The molecule has 0 bridgehead atoms. The molecule has 0 radical (unpaired) electrons. The molecule has 2 amide bonds. The van der Waals surface area contributed by atoms with Crippen molar-refractivity contribution in [3.63, 3.8) is 0 Å². The molecule has 2 heterocycles. The van der Waals surface area contributed by atoms with Crippen molar-refractivity contribution in [1.29, 1.82) is 0 Å². The molecule has 176 valence electrons. The maximum absolute atomic E-state index is 12.3. The number of hydrogen-bond donors (Lipinski definition) is 3. The maximum atomic E-state index is 12.3. The van der Waals surface area contributed by atoms with E-state index in [9.17, 15) is 19.5 Å². The number of rotatable bonds is 8. The van der Waals surface area contributed by atoms with Gasteiger partial charge in [-0.3, -0.25) is 14.5 Å². The third-order valence-electron chi connectivity index (χ3n) is 6.40. The number of hydrogen-bond acceptors (Lipinski definition) is 6. The van der Waals surface area contributed by atoms with Gasteiger partial charge in [0.05, 0.1) is 17.6 Å². The van der Waals surface area contributed by atoms with Gasteiger partial charge in [0.25, 0.3) is 0 Å². The fourth-order valence-electron chi connectivity index (χ4n) is 4.20. The number of aromatic nitrogens is 1. The Morgan fingerprint density at radius 2 is 1.88 bits per heavy atom. The summed E-state index contributed by atoms with van der Waals surface area (Å²) >= 11 is 0. The Balaban J connectivity index is 1.47. The van der Waals surface area contributed by atoms with Crippen LogP contribution in [-0.2, 0) is 9.59 Å². The number of benzene rings is 1. The minimum Gasteiger partial charge on any atom is -0.478 e. The van der Waals surface area contributed by atoms with E-state index in [4.69, 9.17) is 4.98 Å². The van der Waals surface area contributed by atoms with E-state index in [1.165, 1.54) is 0 Å². The third-order valence-corrected chi connectivity index (χ3v) is 6.40. The van der Waals surface area contributed by atoms with Crippen LogP contribution in [0.25, 0.3) is 10.9 Å². The molecule has 2 fully saturated rings. The van der Waals surface area contributed by atoms with Crippen molar-refractivity contribution in [3.05, 3.63) is 29.8 Å². The highest BCUT2D eigenvalue weighted by atomic mass is 16.4. The lowest BCUT2D eigenvalue weighted by Crippen LogP contribution is -2.49. The highest BCUT2D eigenvalue weighted by Crippen LogP contribution is 2.30. The van der Waals surface area contributed by atoms with Crippen LogP contribution >= 0.6 is 0 Å². The smallest absolute Gasteiger partial charge is 0.336 e. The van der Waals surface area contributed by atoms with E-state index in [1.54, 1.807) is 24.3 Å². The summed E-state index contributed by atoms with van der Waals surface area (Å²) < 4.78 is 0. The van der Waals surface area contributed by atoms with Crippen molar-refractivity contribution in [2.45, 2.75) is 32.6 Å². The van der Waals surface area contributed by atoms with Crippen molar-refractivity contribution in [2.24, 2.45) is 5.92 Å². The van der Waals surface area contributed by atoms with E-state index in [2.05, 4.69) is 20.4 Å². The van der Waals surface area contributed by atoms with E-state index in [-0.39, 0.29) is 23.3 Å². The summed E-state index contributed by atoms with van der Waals surface area (Å²) in [6.45, 7) is 5.80. The predicted molar refractivity (Wildman–Crippen MR) is 127 cm³/mol. The van der Waals surface area contributed by atoms with Crippen molar-refractivity contribution in [3.8, 4) is 0 Å². The summed E-state index contributed by atoms with van der Waals surface area (Å²) in [5, 5.41) is 16.1. The summed E-state index contributed by atoms with van der Waals surface area (Å²) in [5.41, 5.74) is 1.33. The molecule has 0 unspecified atom stereocenters. The highest BCUT2D eigenvalue weighted by molar-refractivity contribution is 6.05.